The molecular weight excluding hydrogens is 408 g/mol. The highest BCUT2D eigenvalue weighted by Crippen LogP contribution is 2.36. The summed E-state index contributed by atoms with van der Waals surface area (Å²) in [6.07, 6.45) is 4.79. The summed E-state index contributed by atoms with van der Waals surface area (Å²) >= 11 is 0. The number of likely N-dealkylation sites (tertiary alicyclic amines) is 1. The quantitative estimate of drug-likeness (QED) is 0.575. The van der Waals surface area contributed by atoms with Crippen LogP contribution < -0.4 is 9.47 Å². The number of carbonyl (C=O) groups is 1. The van der Waals surface area contributed by atoms with Crippen molar-refractivity contribution < 1.29 is 18.8 Å². The van der Waals surface area contributed by atoms with E-state index in [1.54, 1.807) is 20.4 Å². The number of hydrogen-bond acceptors (Lipinski definition) is 7. The van der Waals surface area contributed by atoms with E-state index < -0.39 is 0 Å². The van der Waals surface area contributed by atoms with Crippen molar-refractivity contribution >= 4 is 5.91 Å². The highest BCUT2D eigenvalue weighted by atomic mass is 16.5. The second-order valence-electron chi connectivity index (χ2n) is 8.00. The summed E-state index contributed by atoms with van der Waals surface area (Å²) in [4.78, 5) is 24.5. The van der Waals surface area contributed by atoms with Crippen molar-refractivity contribution in [3.05, 3.63) is 53.2 Å². The van der Waals surface area contributed by atoms with Crippen molar-refractivity contribution in [2.75, 3.05) is 20.8 Å². The molecule has 1 aliphatic rings. The number of aromatic nitrogens is 3. The molecule has 8 heteroatoms. The van der Waals surface area contributed by atoms with Crippen LogP contribution in [0.2, 0.25) is 0 Å². The van der Waals surface area contributed by atoms with Crippen molar-refractivity contribution in [2.24, 2.45) is 0 Å². The minimum Gasteiger partial charge on any atom is -0.497 e. The zero-order chi connectivity index (χ0) is 22.7. The van der Waals surface area contributed by atoms with E-state index >= 15 is 0 Å². The molecule has 0 spiro atoms. The first-order chi connectivity index (χ1) is 15.5. The predicted molar refractivity (Wildman–Crippen MR) is 119 cm³/mol. The monoisotopic (exact) mass is 436 g/mol. The molecule has 1 saturated heterocycles. The molecule has 168 valence electrons. The maximum absolute atomic E-state index is 13.5. The molecule has 1 amide bonds. The van der Waals surface area contributed by atoms with Crippen molar-refractivity contribution in [3.63, 3.8) is 0 Å². The fraction of sp³-hybridized carbons (Fsp3) is 0.417. The van der Waals surface area contributed by atoms with E-state index in [4.69, 9.17) is 19.0 Å². The molecule has 0 aliphatic carbocycles. The van der Waals surface area contributed by atoms with Crippen molar-refractivity contribution in [1.29, 1.82) is 0 Å². The lowest BCUT2D eigenvalue weighted by Crippen LogP contribution is -2.40. The van der Waals surface area contributed by atoms with Gasteiger partial charge in [-0.2, -0.15) is 0 Å². The topological polar surface area (TPSA) is 90.6 Å². The molecule has 3 heterocycles. The first-order valence-electron chi connectivity index (χ1n) is 10.8. The first-order valence-corrected chi connectivity index (χ1v) is 10.8. The van der Waals surface area contributed by atoms with E-state index in [0.29, 0.717) is 29.6 Å². The number of rotatable bonds is 6. The third kappa shape index (κ3) is 4.44. The maximum atomic E-state index is 13.5. The zero-order valence-electron chi connectivity index (χ0n) is 18.9. The Balaban J connectivity index is 1.67. The lowest BCUT2D eigenvalue weighted by atomic mass is 9.94. The Morgan fingerprint density at radius 3 is 2.75 bits per heavy atom. The minimum atomic E-state index is -0.157. The van der Waals surface area contributed by atoms with Gasteiger partial charge in [-0.3, -0.25) is 4.79 Å². The van der Waals surface area contributed by atoms with E-state index in [1.807, 2.05) is 43.0 Å². The summed E-state index contributed by atoms with van der Waals surface area (Å²) in [7, 11) is 3.22. The number of benzene rings is 1. The molecule has 0 radical (unpaired) electrons. The Morgan fingerprint density at radius 1 is 1.19 bits per heavy atom. The maximum Gasteiger partial charge on any atom is 0.227 e. The largest absolute Gasteiger partial charge is 0.497 e. The summed E-state index contributed by atoms with van der Waals surface area (Å²) in [6, 6.07) is 7.22. The highest BCUT2D eigenvalue weighted by Gasteiger charge is 2.32. The SMILES string of the molecule is COc1ccc(OC)c(CC(=O)N2CCCCC2c2nc(C)ncc2-c2cc(C)no2)c1. The second-order valence-corrected chi connectivity index (χ2v) is 8.00. The van der Waals surface area contributed by atoms with Crippen LogP contribution in [0.4, 0.5) is 0 Å². The van der Waals surface area contributed by atoms with E-state index in [-0.39, 0.29) is 18.4 Å². The molecule has 1 unspecified atom stereocenters. The van der Waals surface area contributed by atoms with Crippen LogP contribution in [0.5, 0.6) is 11.5 Å². The fourth-order valence-corrected chi connectivity index (χ4v) is 4.22. The molecule has 0 N–H and O–H groups in total. The van der Waals surface area contributed by atoms with Crippen molar-refractivity contribution in [1.82, 2.24) is 20.0 Å². The smallest absolute Gasteiger partial charge is 0.227 e. The second kappa shape index (κ2) is 9.38. The van der Waals surface area contributed by atoms with Gasteiger partial charge in [0.2, 0.25) is 5.91 Å². The van der Waals surface area contributed by atoms with E-state index in [2.05, 4.69) is 10.1 Å². The Labute approximate surface area is 187 Å². The minimum absolute atomic E-state index is 0.0252. The number of nitrogens with zero attached hydrogens (tertiary/aromatic N) is 4. The highest BCUT2D eigenvalue weighted by molar-refractivity contribution is 5.80. The Morgan fingerprint density at radius 2 is 2.03 bits per heavy atom. The van der Waals surface area contributed by atoms with Crippen LogP contribution >= 0.6 is 0 Å². The zero-order valence-corrected chi connectivity index (χ0v) is 18.9. The fourth-order valence-electron chi connectivity index (χ4n) is 4.22. The number of carbonyl (C=O) groups excluding carboxylic acids is 1. The van der Waals surface area contributed by atoms with Gasteiger partial charge < -0.3 is 18.9 Å². The Bertz CT molecular complexity index is 1110. The number of aryl methyl sites for hydroxylation is 2. The number of piperidine rings is 1. The van der Waals surface area contributed by atoms with Crippen molar-refractivity contribution in [2.45, 2.75) is 45.6 Å². The normalized spacial score (nSPS) is 16.1. The lowest BCUT2D eigenvalue weighted by Gasteiger charge is -2.36. The lowest BCUT2D eigenvalue weighted by molar-refractivity contribution is -0.134. The van der Waals surface area contributed by atoms with Gasteiger partial charge >= 0.3 is 0 Å². The van der Waals surface area contributed by atoms with Gasteiger partial charge in [0.15, 0.2) is 5.76 Å². The molecule has 1 atom stereocenters. The standard InChI is InChI=1S/C24H28N4O4/c1-15-11-22(32-27-15)19-14-25-16(2)26-24(19)20-7-5-6-10-28(20)23(29)13-17-12-18(30-3)8-9-21(17)31-4/h8-9,11-12,14,20H,5-7,10,13H2,1-4H3. The van der Waals surface area contributed by atoms with Crippen LogP contribution in [0.1, 0.15) is 48.1 Å². The summed E-state index contributed by atoms with van der Waals surface area (Å²) < 4.78 is 16.3. The van der Waals surface area contributed by atoms with E-state index in [9.17, 15) is 4.79 Å². The van der Waals surface area contributed by atoms with Crippen LogP contribution in [0.15, 0.2) is 35.0 Å². The molecule has 32 heavy (non-hydrogen) atoms. The number of amides is 1. The number of methoxy groups -OCH3 is 2. The molecular formula is C24H28N4O4. The molecule has 1 aromatic carbocycles. The predicted octanol–water partition coefficient (Wildman–Crippen LogP) is 4.06. The molecule has 1 fully saturated rings. The van der Waals surface area contributed by atoms with Gasteiger partial charge in [0.1, 0.15) is 17.3 Å². The molecule has 1 aliphatic heterocycles. The Kier molecular flexibility index (Phi) is 6.39. The molecule has 3 aromatic rings. The van der Waals surface area contributed by atoms with E-state index in [1.165, 1.54) is 0 Å². The van der Waals surface area contributed by atoms with Gasteiger partial charge in [-0.05, 0) is 51.3 Å². The van der Waals surface area contributed by atoms with Gasteiger partial charge in [-0.15, -0.1) is 0 Å². The number of hydrogen-bond donors (Lipinski definition) is 0. The van der Waals surface area contributed by atoms with Crippen LogP contribution in [-0.2, 0) is 11.2 Å². The van der Waals surface area contributed by atoms with Crippen molar-refractivity contribution in [3.8, 4) is 22.8 Å². The average molecular weight is 437 g/mol. The van der Waals surface area contributed by atoms with Crippen LogP contribution in [0, 0.1) is 13.8 Å². The summed E-state index contributed by atoms with van der Waals surface area (Å²) in [6.45, 7) is 4.41. The van der Waals surface area contributed by atoms with Gasteiger partial charge in [-0.1, -0.05) is 5.16 Å². The van der Waals surface area contributed by atoms with Gasteiger partial charge in [0.25, 0.3) is 0 Å². The van der Waals surface area contributed by atoms with Gasteiger partial charge in [-0.25, -0.2) is 9.97 Å². The van der Waals surface area contributed by atoms with Crippen LogP contribution in [0.3, 0.4) is 0 Å². The molecule has 0 saturated carbocycles. The number of ether oxygens (including phenoxy) is 2. The average Bonchev–Trinajstić information content (AvgIpc) is 3.24. The molecule has 8 nitrogen and oxygen atoms in total. The molecule has 0 bridgehead atoms. The first kappa shape index (κ1) is 21.8. The van der Waals surface area contributed by atoms with E-state index in [0.717, 1.165) is 41.8 Å². The third-order valence-electron chi connectivity index (χ3n) is 5.80. The van der Waals surface area contributed by atoms with Gasteiger partial charge in [0, 0.05) is 24.4 Å². The van der Waals surface area contributed by atoms with Gasteiger partial charge in [0.05, 0.1) is 43.6 Å². The Hall–Kier alpha value is -3.42. The molecule has 4 rings (SSSR count). The summed E-state index contributed by atoms with van der Waals surface area (Å²) in [5, 5.41) is 4.01. The van der Waals surface area contributed by atoms with Crippen LogP contribution in [-0.4, -0.2) is 46.7 Å². The molecule has 2 aromatic heterocycles. The third-order valence-corrected chi connectivity index (χ3v) is 5.80. The summed E-state index contributed by atoms with van der Waals surface area (Å²) in [5.41, 5.74) is 3.17. The van der Waals surface area contributed by atoms with Crippen LogP contribution in [0.25, 0.3) is 11.3 Å². The summed E-state index contributed by atoms with van der Waals surface area (Å²) in [5.74, 6) is 2.66.